The third-order valence-corrected chi connectivity index (χ3v) is 4.39. The molecule has 1 aliphatic rings. The zero-order chi connectivity index (χ0) is 20.2. The second kappa shape index (κ2) is 8.36. The summed E-state index contributed by atoms with van der Waals surface area (Å²) in [6.07, 6.45) is -5.51. The van der Waals surface area contributed by atoms with Gasteiger partial charge in [-0.25, -0.2) is 4.39 Å². The molecule has 148 valence electrons. The Balaban J connectivity index is 2.17. The van der Waals surface area contributed by atoms with Gasteiger partial charge in [-0.05, 0) is 24.1 Å². The van der Waals surface area contributed by atoms with Gasteiger partial charge in [0.1, 0.15) is 5.82 Å². The van der Waals surface area contributed by atoms with Crippen LogP contribution < -0.4 is 5.32 Å². The molecule has 27 heavy (non-hydrogen) atoms. The molecule has 0 radical (unpaired) electrons. The maximum absolute atomic E-state index is 13.1. The summed E-state index contributed by atoms with van der Waals surface area (Å²) in [5.41, 5.74) is 0.543. The van der Waals surface area contributed by atoms with Crippen LogP contribution in [0.1, 0.15) is 30.7 Å². The Hall–Kier alpha value is -2.65. The highest BCUT2D eigenvalue weighted by atomic mass is 19.4. The zero-order valence-electron chi connectivity index (χ0n) is 14.1. The summed E-state index contributed by atoms with van der Waals surface area (Å²) in [6.45, 7) is 0.00119. The number of halogens is 4. The van der Waals surface area contributed by atoms with E-state index >= 15 is 0 Å². The summed E-state index contributed by atoms with van der Waals surface area (Å²) in [5, 5.41) is 10.6. The maximum Gasteiger partial charge on any atom is 0.471 e. The highest BCUT2D eigenvalue weighted by Gasteiger charge is 2.42. The molecule has 2 unspecified atom stereocenters. The predicted octanol–water partition coefficient (Wildman–Crippen LogP) is 2.05. The van der Waals surface area contributed by atoms with Gasteiger partial charge in [0, 0.05) is 25.4 Å². The fourth-order valence-corrected chi connectivity index (χ4v) is 3.06. The fraction of sp³-hybridized carbons (Fsp3) is 0.471. The normalized spacial score (nSPS) is 20.2. The Labute approximate surface area is 152 Å². The summed E-state index contributed by atoms with van der Waals surface area (Å²) >= 11 is 0. The van der Waals surface area contributed by atoms with E-state index in [1.165, 1.54) is 29.2 Å². The fourth-order valence-electron chi connectivity index (χ4n) is 3.06. The van der Waals surface area contributed by atoms with Crippen molar-refractivity contribution in [2.24, 2.45) is 0 Å². The number of carbonyl (C=O) groups is 3. The van der Waals surface area contributed by atoms with Gasteiger partial charge in [-0.15, -0.1) is 0 Å². The molecule has 0 bridgehead atoms. The second-order valence-corrected chi connectivity index (χ2v) is 6.26. The van der Waals surface area contributed by atoms with Crippen LogP contribution in [0, 0.1) is 5.82 Å². The molecule has 6 nitrogen and oxygen atoms in total. The first kappa shape index (κ1) is 20.7. The zero-order valence-corrected chi connectivity index (χ0v) is 14.1. The van der Waals surface area contributed by atoms with E-state index < -0.39 is 48.2 Å². The third kappa shape index (κ3) is 5.66. The first-order valence-electron chi connectivity index (χ1n) is 8.20. The van der Waals surface area contributed by atoms with Crippen molar-refractivity contribution in [1.29, 1.82) is 0 Å². The number of piperidine rings is 1. The molecule has 1 aromatic carbocycles. The van der Waals surface area contributed by atoms with E-state index in [1.54, 1.807) is 0 Å². The summed E-state index contributed by atoms with van der Waals surface area (Å²) in [6, 6.07) is 4.15. The molecule has 0 spiro atoms. The smallest absolute Gasteiger partial charge is 0.471 e. The highest BCUT2D eigenvalue weighted by Crippen LogP contribution is 2.30. The lowest BCUT2D eigenvalue weighted by Gasteiger charge is -2.39. The number of benzene rings is 1. The molecule has 2 rings (SSSR count). The van der Waals surface area contributed by atoms with Crippen LogP contribution in [0.25, 0.3) is 0 Å². The number of hydrogen-bond donors (Lipinski definition) is 2. The molecule has 2 N–H and O–H groups in total. The van der Waals surface area contributed by atoms with Crippen LogP contribution >= 0.6 is 0 Å². The Morgan fingerprint density at radius 1 is 1.15 bits per heavy atom. The molecule has 1 heterocycles. The third-order valence-electron chi connectivity index (χ3n) is 4.39. The maximum atomic E-state index is 13.1. The molecular weight excluding hydrogens is 372 g/mol. The lowest BCUT2D eigenvalue weighted by Crippen LogP contribution is -2.55. The van der Waals surface area contributed by atoms with Crippen molar-refractivity contribution in [3.05, 3.63) is 35.6 Å². The summed E-state index contributed by atoms with van der Waals surface area (Å²) in [4.78, 5) is 35.3. The number of hydrogen-bond acceptors (Lipinski definition) is 3. The van der Waals surface area contributed by atoms with Crippen molar-refractivity contribution in [2.45, 2.75) is 37.4 Å². The number of rotatable bonds is 5. The lowest BCUT2D eigenvalue weighted by molar-refractivity contribution is -0.175. The molecule has 0 aliphatic carbocycles. The molecule has 1 saturated heterocycles. The van der Waals surface area contributed by atoms with Crippen molar-refractivity contribution >= 4 is 17.8 Å². The largest absolute Gasteiger partial charge is 0.481 e. The number of carboxylic acid groups (broad SMARTS) is 1. The molecular formula is C17H18F4N2O4. The van der Waals surface area contributed by atoms with Gasteiger partial charge in [0.05, 0.1) is 12.5 Å². The van der Waals surface area contributed by atoms with Crippen LogP contribution in [-0.4, -0.2) is 53.1 Å². The van der Waals surface area contributed by atoms with Crippen LogP contribution in [0.15, 0.2) is 24.3 Å². The number of carboxylic acids is 1. The van der Waals surface area contributed by atoms with Crippen molar-refractivity contribution in [3.63, 3.8) is 0 Å². The number of likely N-dealkylation sites (tertiary alicyclic amines) is 1. The molecule has 2 amide bonds. The van der Waals surface area contributed by atoms with Gasteiger partial charge in [-0.1, -0.05) is 12.1 Å². The quantitative estimate of drug-likeness (QED) is 0.754. The number of nitrogens with one attached hydrogen (secondary N) is 1. The van der Waals surface area contributed by atoms with Gasteiger partial charge < -0.3 is 15.3 Å². The van der Waals surface area contributed by atoms with Crippen molar-refractivity contribution < 1.29 is 37.1 Å². The van der Waals surface area contributed by atoms with Crippen LogP contribution in [0.4, 0.5) is 17.6 Å². The van der Waals surface area contributed by atoms with Crippen LogP contribution in [-0.2, 0) is 14.4 Å². The number of nitrogens with zero attached hydrogens (tertiary/aromatic N) is 1. The summed E-state index contributed by atoms with van der Waals surface area (Å²) < 4.78 is 51.0. The molecule has 1 aliphatic heterocycles. The Kier molecular flexibility index (Phi) is 6.40. The van der Waals surface area contributed by atoms with E-state index in [0.717, 1.165) is 0 Å². The van der Waals surface area contributed by atoms with E-state index in [-0.39, 0.29) is 25.9 Å². The Morgan fingerprint density at radius 3 is 2.33 bits per heavy atom. The number of amides is 2. The van der Waals surface area contributed by atoms with Crippen molar-refractivity contribution in [2.75, 3.05) is 13.1 Å². The van der Waals surface area contributed by atoms with Gasteiger partial charge in [0.25, 0.3) is 0 Å². The van der Waals surface area contributed by atoms with E-state index in [4.69, 9.17) is 5.11 Å². The minimum absolute atomic E-state index is 0.192. The number of alkyl halides is 3. The lowest BCUT2D eigenvalue weighted by atomic mass is 9.85. The Morgan fingerprint density at radius 2 is 1.78 bits per heavy atom. The van der Waals surface area contributed by atoms with E-state index in [1.807, 2.05) is 5.32 Å². The van der Waals surface area contributed by atoms with E-state index in [9.17, 15) is 31.9 Å². The second-order valence-electron chi connectivity index (χ2n) is 6.26. The standard InChI is InChI=1S/C17H18F4N2O4/c18-11-3-1-10(2-4-11)12-7-8-23(14(24)5-6-15(25)26)9-13(12)22-16(27)17(19,20)21/h1-4,12-13H,5-9H2,(H,22,27)(H,25,26). The Bertz CT molecular complexity index is 706. The molecule has 10 heteroatoms. The number of carbonyl (C=O) groups excluding carboxylic acids is 2. The van der Waals surface area contributed by atoms with E-state index in [0.29, 0.717) is 5.56 Å². The number of aliphatic carboxylic acids is 1. The first-order chi connectivity index (χ1) is 12.6. The molecule has 0 aromatic heterocycles. The SMILES string of the molecule is O=C(O)CCC(=O)N1CCC(c2ccc(F)cc2)C(NC(=O)C(F)(F)F)C1. The van der Waals surface area contributed by atoms with Crippen LogP contribution in [0.5, 0.6) is 0 Å². The first-order valence-corrected chi connectivity index (χ1v) is 8.20. The molecule has 0 saturated carbocycles. The molecule has 2 atom stereocenters. The summed E-state index contributed by atoms with van der Waals surface area (Å²) in [5.74, 6) is -4.84. The van der Waals surface area contributed by atoms with Gasteiger partial charge in [0.15, 0.2) is 0 Å². The van der Waals surface area contributed by atoms with Gasteiger partial charge in [-0.3, -0.25) is 14.4 Å². The molecule has 1 aromatic rings. The average molecular weight is 390 g/mol. The van der Waals surface area contributed by atoms with Crippen LogP contribution in [0.2, 0.25) is 0 Å². The predicted molar refractivity (Wildman–Crippen MR) is 85.2 cm³/mol. The van der Waals surface area contributed by atoms with E-state index in [2.05, 4.69) is 0 Å². The minimum Gasteiger partial charge on any atom is -0.481 e. The van der Waals surface area contributed by atoms with Crippen molar-refractivity contribution in [1.82, 2.24) is 10.2 Å². The average Bonchev–Trinajstić information content (AvgIpc) is 2.59. The van der Waals surface area contributed by atoms with Gasteiger partial charge in [0.2, 0.25) is 5.91 Å². The van der Waals surface area contributed by atoms with Crippen molar-refractivity contribution in [3.8, 4) is 0 Å². The highest BCUT2D eigenvalue weighted by molar-refractivity contribution is 5.83. The summed E-state index contributed by atoms with van der Waals surface area (Å²) in [7, 11) is 0. The van der Waals surface area contributed by atoms with Gasteiger partial charge >= 0.3 is 18.1 Å². The minimum atomic E-state index is -5.08. The monoisotopic (exact) mass is 390 g/mol. The topological polar surface area (TPSA) is 86.7 Å². The van der Waals surface area contributed by atoms with Crippen LogP contribution in [0.3, 0.4) is 0 Å². The molecule has 1 fully saturated rings. The van der Waals surface area contributed by atoms with Gasteiger partial charge in [-0.2, -0.15) is 13.2 Å².